The summed E-state index contributed by atoms with van der Waals surface area (Å²) in [4.78, 5) is 0. The summed E-state index contributed by atoms with van der Waals surface area (Å²) in [5.41, 5.74) is 1.30. The van der Waals surface area contributed by atoms with Gasteiger partial charge in [-0.3, -0.25) is 0 Å². The fourth-order valence-corrected chi connectivity index (χ4v) is 12.5. The van der Waals surface area contributed by atoms with Crippen LogP contribution >= 0.6 is 0 Å². The largest absolute Gasteiger partial charge is 0.497 e. The summed E-state index contributed by atoms with van der Waals surface area (Å²) in [5, 5.41) is -0.0878. The van der Waals surface area contributed by atoms with Crippen molar-refractivity contribution >= 4 is 16.4 Å². The Balaban J connectivity index is 2.47. The van der Waals surface area contributed by atoms with Gasteiger partial charge in [-0.2, -0.15) is 0 Å². The Bertz CT molecular complexity index is 471. The zero-order valence-corrected chi connectivity index (χ0v) is 15.0. The average Bonchev–Trinajstić information content (AvgIpc) is 2.35. The van der Waals surface area contributed by atoms with E-state index in [1.165, 1.54) is 17.7 Å². The van der Waals surface area contributed by atoms with E-state index in [-0.39, 0.29) is 5.22 Å². The summed E-state index contributed by atoms with van der Waals surface area (Å²) >= 11 is 0. The third kappa shape index (κ3) is 2.66. The van der Waals surface area contributed by atoms with Crippen LogP contribution in [0, 0.1) is 0 Å². The second-order valence-corrected chi connectivity index (χ2v) is 16.5. The third-order valence-electron chi connectivity index (χ3n) is 4.74. The molecule has 0 N–H and O–H groups in total. The third-order valence-corrected chi connectivity index (χ3v) is 12.3. The van der Waals surface area contributed by atoms with Crippen LogP contribution in [-0.2, 0) is 9.65 Å². The van der Waals surface area contributed by atoms with Crippen LogP contribution in [0.5, 0.6) is 5.75 Å². The first kappa shape index (κ1) is 14.8. The van der Waals surface area contributed by atoms with Gasteiger partial charge in [0.15, 0.2) is 8.32 Å². The molecular weight excluding hydrogens is 268 g/mol. The van der Waals surface area contributed by atoms with Crippen LogP contribution in [0.4, 0.5) is 0 Å². The predicted molar refractivity (Wildman–Crippen MR) is 86.0 cm³/mol. The predicted octanol–water partition coefficient (Wildman–Crippen LogP) is 4.39. The summed E-state index contributed by atoms with van der Waals surface area (Å²) in [6, 6.07) is 11.1. The Hall–Kier alpha value is -0.586. The molecule has 2 nitrogen and oxygen atoms in total. The van der Waals surface area contributed by atoms with Gasteiger partial charge >= 0.3 is 0 Å². The Morgan fingerprint density at radius 2 is 1.84 bits per heavy atom. The molecule has 1 unspecified atom stereocenters. The van der Waals surface area contributed by atoms with Gasteiger partial charge in [0, 0.05) is 0 Å². The summed E-state index contributed by atoms with van der Waals surface area (Å²) in [6.45, 7) is 11.9. The molecule has 1 aromatic rings. The maximum atomic E-state index is 6.71. The quantitative estimate of drug-likeness (QED) is 0.753. The van der Waals surface area contributed by atoms with Crippen molar-refractivity contribution in [3.63, 3.8) is 0 Å². The highest BCUT2D eigenvalue weighted by molar-refractivity contribution is 6.85. The average molecular weight is 295 g/mol. The zero-order valence-electron chi connectivity index (χ0n) is 13.0. The molecule has 1 aromatic carbocycles. The maximum absolute atomic E-state index is 6.71. The van der Waals surface area contributed by atoms with Crippen molar-refractivity contribution < 1.29 is 9.16 Å². The highest BCUT2D eigenvalue weighted by Crippen LogP contribution is 2.46. The molecule has 106 valence electrons. The van der Waals surface area contributed by atoms with Crippen molar-refractivity contribution in [1.29, 1.82) is 0 Å². The van der Waals surface area contributed by atoms with Crippen molar-refractivity contribution in [2.75, 3.05) is 7.11 Å². The molecule has 1 heterocycles. The molecule has 1 aliphatic heterocycles. The lowest BCUT2D eigenvalue weighted by Crippen LogP contribution is -2.60. The van der Waals surface area contributed by atoms with Crippen LogP contribution < -0.4 is 4.74 Å². The van der Waals surface area contributed by atoms with Gasteiger partial charge in [0.05, 0.1) is 20.4 Å². The number of rotatable bonds is 2. The highest BCUT2D eigenvalue weighted by atomic mass is 28.4. The van der Waals surface area contributed by atoms with Crippen molar-refractivity contribution in [2.45, 2.75) is 50.4 Å². The van der Waals surface area contributed by atoms with Gasteiger partial charge in [0.2, 0.25) is 0 Å². The Kier molecular flexibility index (Phi) is 3.71. The van der Waals surface area contributed by atoms with Gasteiger partial charge in [-0.1, -0.05) is 31.3 Å². The molecule has 0 aliphatic carbocycles. The number of methoxy groups -OCH3 is 1. The topological polar surface area (TPSA) is 18.5 Å². The standard InChI is InChI=1S/C15H26O2Si2/c1-15(13-8-7-9-14(12-13)16-2)17-19(5,6)11-10-18(15,3)4/h7-9,12H,10-11H2,1-6H3. The summed E-state index contributed by atoms with van der Waals surface area (Å²) in [6.07, 6.45) is 0. The van der Waals surface area contributed by atoms with E-state index in [4.69, 9.17) is 9.16 Å². The number of ether oxygens (including phenoxy) is 1. The molecule has 0 aromatic heterocycles. The molecule has 19 heavy (non-hydrogen) atoms. The maximum Gasteiger partial charge on any atom is 0.187 e. The van der Waals surface area contributed by atoms with Crippen LogP contribution in [0.25, 0.3) is 0 Å². The number of benzene rings is 1. The second-order valence-electron chi connectivity index (χ2n) is 7.01. The van der Waals surface area contributed by atoms with E-state index in [2.05, 4.69) is 51.3 Å². The molecule has 4 heteroatoms. The second kappa shape index (κ2) is 4.75. The van der Waals surface area contributed by atoms with Gasteiger partial charge in [-0.05, 0) is 43.8 Å². The lowest BCUT2D eigenvalue weighted by molar-refractivity contribution is 0.145. The minimum absolute atomic E-state index is 0.0878. The first-order valence-corrected chi connectivity index (χ1v) is 13.4. The van der Waals surface area contributed by atoms with E-state index in [1.807, 2.05) is 6.07 Å². The first-order valence-electron chi connectivity index (χ1n) is 7.05. The SMILES string of the molecule is COc1cccc(C2(C)O[Si](C)(C)CC[Si]2(C)C)c1. The van der Waals surface area contributed by atoms with E-state index >= 15 is 0 Å². The van der Waals surface area contributed by atoms with Crippen molar-refractivity contribution in [3.8, 4) is 5.75 Å². The summed E-state index contributed by atoms with van der Waals surface area (Å²) in [7, 11) is -1.26. The Morgan fingerprint density at radius 3 is 2.47 bits per heavy atom. The molecule has 0 spiro atoms. The molecule has 1 atom stereocenters. The normalized spacial score (nSPS) is 28.9. The van der Waals surface area contributed by atoms with Gasteiger partial charge in [0.1, 0.15) is 5.75 Å². The fraction of sp³-hybridized carbons (Fsp3) is 0.600. The molecule has 0 bridgehead atoms. The van der Waals surface area contributed by atoms with Crippen LogP contribution in [-0.4, -0.2) is 23.5 Å². The van der Waals surface area contributed by atoms with Gasteiger partial charge in [-0.25, -0.2) is 0 Å². The molecule has 0 radical (unpaired) electrons. The lowest BCUT2D eigenvalue weighted by atomic mass is 10.1. The fourth-order valence-electron chi connectivity index (χ4n) is 2.96. The summed E-state index contributed by atoms with van der Waals surface area (Å²) < 4.78 is 12.1. The van der Waals surface area contributed by atoms with Gasteiger partial charge < -0.3 is 9.16 Å². The monoisotopic (exact) mass is 294 g/mol. The van der Waals surface area contributed by atoms with E-state index in [0.717, 1.165) is 5.75 Å². The molecule has 1 saturated heterocycles. The number of hydrogen-bond acceptors (Lipinski definition) is 2. The molecule has 1 aliphatic rings. The molecule has 0 amide bonds. The first-order chi connectivity index (χ1) is 8.70. The van der Waals surface area contributed by atoms with Gasteiger partial charge in [0.25, 0.3) is 0 Å². The number of hydrogen-bond donors (Lipinski definition) is 0. The lowest BCUT2D eigenvalue weighted by Gasteiger charge is -2.52. The van der Waals surface area contributed by atoms with E-state index in [0.29, 0.717) is 0 Å². The van der Waals surface area contributed by atoms with Crippen LogP contribution in [0.3, 0.4) is 0 Å². The Morgan fingerprint density at radius 1 is 1.16 bits per heavy atom. The zero-order chi connectivity index (χ0) is 14.3. The van der Waals surface area contributed by atoms with Crippen LogP contribution in [0.15, 0.2) is 24.3 Å². The summed E-state index contributed by atoms with van der Waals surface area (Å²) in [5.74, 6) is 0.928. The van der Waals surface area contributed by atoms with E-state index < -0.39 is 16.4 Å². The van der Waals surface area contributed by atoms with Gasteiger partial charge in [-0.15, -0.1) is 0 Å². The van der Waals surface area contributed by atoms with E-state index in [9.17, 15) is 0 Å². The van der Waals surface area contributed by atoms with Crippen LogP contribution in [0.1, 0.15) is 12.5 Å². The smallest absolute Gasteiger partial charge is 0.187 e. The molecule has 0 saturated carbocycles. The highest BCUT2D eigenvalue weighted by Gasteiger charge is 2.52. The minimum Gasteiger partial charge on any atom is -0.497 e. The van der Waals surface area contributed by atoms with Crippen LogP contribution in [0.2, 0.25) is 38.3 Å². The van der Waals surface area contributed by atoms with Crippen molar-refractivity contribution in [3.05, 3.63) is 29.8 Å². The van der Waals surface area contributed by atoms with E-state index in [1.54, 1.807) is 7.11 Å². The van der Waals surface area contributed by atoms with Crippen molar-refractivity contribution in [1.82, 2.24) is 0 Å². The minimum atomic E-state index is -1.53. The molecular formula is C15H26O2Si2. The molecule has 2 rings (SSSR count). The van der Waals surface area contributed by atoms with Crippen molar-refractivity contribution in [2.24, 2.45) is 0 Å². The Labute approximate surface area is 119 Å². The molecule has 1 fully saturated rings.